The molecular weight excluding hydrogens is 520 g/mol. The summed E-state index contributed by atoms with van der Waals surface area (Å²) >= 11 is 0. The van der Waals surface area contributed by atoms with Crippen molar-refractivity contribution < 1.29 is 9.53 Å². The molecule has 2 aliphatic heterocycles. The minimum atomic E-state index is -0.129. The summed E-state index contributed by atoms with van der Waals surface area (Å²) in [5.74, 6) is 0.527. The SMILES string of the molecule is Cc1ncc(C(=O)NCCN2CCC[C@@H]2C)cc1Nc1nn(C)c2c1cnn1cc(-c3cnn(C4COC4)c3)cc21. The van der Waals surface area contributed by atoms with Crippen molar-refractivity contribution in [3.63, 3.8) is 0 Å². The fraction of sp³-hybridized carbons (Fsp3) is 0.414. The number of hydrogen-bond donors (Lipinski definition) is 2. The molecule has 212 valence electrons. The summed E-state index contributed by atoms with van der Waals surface area (Å²) in [6.45, 7) is 8.13. The Labute approximate surface area is 237 Å². The maximum Gasteiger partial charge on any atom is 0.252 e. The van der Waals surface area contributed by atoms with Gasteiger partial charge in [-0.1, -0.05) is 0 Å². The number of amides is 1. The van der Waals surface area contributed by atoms with Crippen molar-refractivity contribution >= 4 is 33.8 Å². The first-order valence-corrected chi connectivity index (χ1v) is 14.2. The first-order valence-electron chi connectivity index (χ1n) is 14.2. The number of carbonyl (C=O) groups is 1. The van der Waals surface area contributed by atoms with Crippen LogP contribution in [0.1, 0.15) is 41.9 Å². The number of hydrogen-bond acceptors (Lipinski definition) is 8. The van der Waals surface area contributed by atoms with Crippen molar-refractivity contribution in [2.24, 2.45) is 7.05 Å². The fourth-order valence-corrected chi connectivity index (χ4v) is 5.78. The van der Waals surface area contributed by atoms with Crippen LogP contribution in [0.15, 0.2) is 43.1 Å². The number of pyridine rings is 1. The molecule has 0 bridgehead atoms. The second kappa shape index (κ2) is 10.3. The molecule has 5 aromatic rings. The Morgan fingerprint density at radius 1 is 1.12 bits per heavy atom. The number of nitrogens with zero attached hydrogens (tertiary/aromatic N) is 8. The van der Waals surface area contributed by atoms with Gasteiger partial charge in [0.15, 0.2) is 5.82 Å². The monoisotopic (exact) mass is 554 g/mol. The van der Waals surface area contributed by atoms with E-state index in [4.69, 9.17) is 9.84 Å². The highest BCUT2D eigenvalue weighted by atomic mass is 16.5. The summed E-state index contributed by atoms with van der Waals surface area (Å²) in [5.41, 5.74) is 5.97. The fourth-order valence-electron chi connectivity index (χ4n) is 5.78. The van der Waals surface area contributed by atoms with Crippen LogP contribution in [0, 0.1) is 6.92 Å². The quantitative estimate of drug-likeness (QED) is 0.300. The van der Waals surface area contributed by atoms with Gasteiger partial charge < -0.3 is 15.4 Å². The molecule has 5 aromatic heterocycles. The molecule has 0 spiro atoms. The lowest BCUT2D eigenvalue weighted by Gasteiger charge is -2.25. The van der Waals surface area contributed by atoms with E-state index in [2.05, 4.69) is 49.9 Å². The number of nitrogens with one attached hydrogen (secondary N) is 2. The number of anilines is 2. The van der Waals surface area contributed by atoms with E-state index in [1.807, 2.05) is 52.5 Å². The lowest BCUT2D eigenvalue weighted by molar-refractivity contribution is -0.0286. The molecule has 7 heterocycles. The summed E-state index contributed by atoms with van der Waals surface area (Å²) in [6.07, 6.45) is 11.8. The van der Waals surface area contributed by atoms with Crippen molar-refractivity contribution in [3.05, 3.63) is 54.4 Å². The molecule has 0 aliphatic carbocycles. The Morgan fingerprint density at radius 3 is 2.78 bits per heavy atom. The molecular formula is C29H34N10O2. The number of aryl methyl sites for hydroxylation is 2. The zero-order valence-corrected chi connectivity index (χ0v) is 23.5. The van der Waals surface area contributed by atoms with E-state index in [1.165, 1.54) is 12.8 Å². The van der Waals surface area contributed by atoms with Crippen molar-refractivity contribution in [2.75, 3.05) is 38.2 Å². The topological polar surface area (TPSA) is 119 Å². The van der Waals surface area contributed by atoms with Gasteiger partial charge in [-0.3, -0.25) is 24.0 Å². The number of carbonyl (C=O) groups excluding carboxylic acids is 1. The molecule has 41 heavy (non-hydrogen) atoms. The van der Waals surface area contributed by atoms with Crippen LogP contribution in [-0.2, 0) is 11.8 Å². The van der Waals surface area contributed by atoms with Crippen molar-refractivity contribution in [2.45, 2.75) is 38.8 Å². The Bertz CT molecular complexity index is 1750. The molecule has 2 N–H and O–H groups in total. The highest BCUT2D eigenvalue weighted by Gasteiger charge is 2.23. The minimum Gasteiger partial charge on any atom is -0.377 e. The highest BCUT2D eigenvalue weighted by Crippen LogP contribution is 2.32. The predicted octanol–water partition coefficient (Wildman–Crippen LogP) is 3.32. The van der Waals surface area contributed by atoms with Crippen LogP contribution in [0.5, 0.6) is 0 Å². The van der Waals surface area contributed by atoms with Gasteiger partial charge in [-0.05, 0) is 45.4 Å². The molecule has 7 rings (SSSR count). The Balaban J connectivity index is 1.12. The number of fused-ring (bicyclic) bond motifs is 3. The molecule has 1 atom stereocenters. The molecule has 0 aromatic carbocycles. The average Bonchev–Trinajstić information content (AvgIpc) is 3.71. The molecule has 12 nitrogen and oxygen atoms in total. The lowest BCUT2D eigenvalue weighted by Crippen LogP contribution is -2.36. The number of rotatable bonds is 8. The van der Waals surface area contributed by atoms with Gasteiger partial charge in [0.25, 0.3) is 5.91 Å². The molecule has 2 saturated heterocycles. The number of aromatic nitrogens is 7. The first kappa shape index (κ1) is 25.7. The summed E-state index contributed by atoms with van der Waals surface area (Å²) in [7, 11) is 1.92. The van der Waals surface area contributed by atoms with Crippen LogP contribution in [0.4, 0.5) is 11.5 Å². The third-order valence-corrected chi connectivity index (χ3v) is 8.34. The van der Waals surface area contributed by atoms with Crippen LogP contribution in [0.2, 0.25) is 0 Å². The van der Waals surface area contributed by atoms with Gasteiger partial charge >= 0.3 is 0 Å². The van der Waals surface area contributed by atoms with E-state index >= 15 is 0 Å². The smallest absolute Gasteiger partial charge is 0.252 e. The highest BCUT2D eigenvalue weighted by molar-refractivity contribution is 6.01. The van der Waals surface area contributed by atoms with Gasteiger partial charge in [-0.15, -0.1) is 0 Å². The molecule has 2 fully saturated rings. The van der Waals surface area contributed by atoms with Gasteiger partial charge in [0, 0.05) is 55.9 Å². The third kappa shape index (κ3) is 4.72. The van der Waals surface area contributed by atoms with Crippen molar-refractivity contribution in [1.82, 2.24) is 44.4 Å². The third-order valence-electron chi connectivity index (χ3n) is 8.34. The van der Waals surface area contributed by atoms with Crippen LogP contribution >= 0.6 is 0 Å². The minimum absolute atomic E-state index is 0.129. The standard InChI is InChI=1S/C29H34N10O2/c1-18-5-4-7-37(18)8-6-30-29(40)20-9-25(19(2)31-11-20)34-28-24-13-33-39-14-21(10-26(39)27(24)36(3)35-28)22-12-32-38(15-22)23-16-41-17-23/h9-15,18,23H,4-8,16-17H2,1-3H3,(H,30,40)(H,34,35)/t18-/m0/s1. The summed E-state index contributed by atoms with van der Waals surface area (Å²) in [4.78, 5) is 19.8. The predicted molar refractivity (Wildman–Crippen MR) is 155 cm³/mol. The maximum absolute atomic E-state index is 12.9. The Kier molecular flexibility index (Phi) is 6.43. The van der Waals surface area contributed by atoms with Crippen molar-refractivity contribution in [1.29, 1.82) is 0 Å². The molecule has 0 unspecified atom stereocenters. The second-order valence-corrected chi connectivity index (χ2v) is 11.1. The average molecular weight is 555 g/mol. The van der Waals surface area contributed by atoms with Gasteiger partial charge in [-0.2, -0.15) is 15.3 Å². The van der Waals surface area contributed by atoms with Crippen LogP contribution in [-0.4, -0.2) is 83.9 Å². The molecule has 12 heteroatoms. The number of likely N-dealkylation sites (tertiary alicyclic amines) is 1. The molecule has 1 amide bonds. The van der Waals surface area contributed by atoms with E-state index in [-0.39, 0.29) is 5.91 Å². The van der Waals surface area contributed by atoms with Crippen LogP contribution in [0.3, 0.4) is 0 Å². The van der Waals surface area contributed by atoms with Gasteiger partial charge in [0.1, 0.15) is 0 Å². The second-order valence-electron chi connectivity index (χ2n) is 11.1. The van der Waals surface area contributed by atoms with E-state index in [0.29, 0.717) is 43.2 Å². The summed E-state index contributed by atoms with van der Waals surface area (Å²) in [5, 5.41) is 21.3. The zero-order chi connectivity index (χ0) is 28.1. The molecule has 2 aliphatic rings. The Morgan fingerprint density at radius 2 is 2.00 bits per heavy atom. The van der Waals surface area contributed by atoms with E-state index in [1.54, 1.807) is 6.20 Å². The lowest BCUT2D eigenvalue weighted by atomic mass is 10.2. The number of ether oxygens (including phenoxy) is 1. The first-order chi connectivity index (χ1) is 19.9. The largest absolute Gasteiger partial charge is 0.377 e. The van der Waals surface area contributed by atoms with Gasteiger partial charge in [0.2, 0.25) is 0 Å². The summed E-state index contributed by atoms with van der Waals surface area (Å²) < 4.78 is 11.0. The molecule has 0 radical (unpaired) electrons. The summed E-state index contributed by atoms with van der Waals surface area (Å²) in [6, 6.07) is 4.83. The molecule has 0 saturated carbocycles. The van der Waals surface area contributed by atoms with E-state index in [0.717, 1.165) is 52.0 Å². The van der Waals surface area contributed by atoms with Gasteiger partial charge in [0.05, 0.1) is 65.0 Å². The zero-order valence-electron chi connectivity index (χ0n) is 23.5. The van der Waals surface area contributed by atoms with Crippen molar-refractivity contribution in [3.8, 4) is 11.1 Å². The van der Waals surface area contributed by atoms with E-state index in [9.17, 15) is 4.79 Å². The maximum atomic E-state index is 12.9. The van der Waals surface area contributed by atoms with Crippen LogP contribution < -0.4 is 10.6 Å². The van der Waals surface area contributed by atoms with Crippen LogP contribution in [0.25, 0.3) is 27.5 Å². The normalized spacial score (nSPS) is 17.9. The van der Waals surface area contributed by atoms with E-state index < -0.39 is 0 Å². The van der Waals surface area contributed by atoms with Gasteiger partial charge in [-0.25, -0.2) is 4.52 Å². The Hall–Kier alpha value is -4.29.